The van der Waals surface area contributed by atoms with Gasteiger partial charge in [-0.05, 0) is 24.8 Å². The van der Waals surface area contributed by atoms with Crippen molar-refractivity contribution in [3.05, 3.63) is 35.9 Å². The van der Waals surface area contributed by atoms with E-state index in [-0.39, 0.29) is 31.1 Å². The van der Waals surface area contributed by atoms with Gasteiger partial charge in [0.1, 0.15) is 6.61 Å². The van der Waals surface area contributed by atoms with Crippen molar-refractivity contribution >= 4 is 12.1 Å². The molecule has 1 heterocycles. The predicted octanol–water partition coefficient (Wildman–Crippen LogP) is 1.26. The first-order valence-corrected chi connectivity index (χ1v) is 8.07. The van der Waals surface area contributed by atoms with E-state index in [2.05, 4.69) is 10.2 Å². The van der Waals surface area contributed by atoms with Gasteiger partial charge in [0.05, 0.1) is 13.2 Å². The molecule has 132 valence electrons. The van der Waals surface area contributed by atoms with E-state index in [4.69, 9.17) is 4.74 Å². The van der Waals surface area contributed by atoms with Crippen LogP contribution in [0.1, 0.15) is 24.8 Å². The second-order valence-corrected chi connectivity index (χ2v) is 5.74. The Balaban J connectivity index is 1.96. The van der Waals surface area contributed by atoms with Crippen LogP contribution in [0.15, 0.2) is 30.3 Å². The van der Waals surface area contributed by atoms with Gasteiger partial charge in [-0.3, -0.25) is 4.79 Å². The lowest BCUT2D eigenvalue weighted by Gasteiger charge is -2.27. The van der Waals surface area contributed by atoms with Gasteiger partial charge in [-0.25, -0.2) is 15.2 Å². The fourth-order valence-electron chi connectivity index (χ4n) is 2.68. The highest BCUT2D eigenvalue weighted by Crippen LogP contribution is 2.17. The summed E-state index contributed by atoms with van der Waals surface area (Å²) in [6.45, 7) is 0.272. The quantitative estimate of drug-likeness (QED) is 0.660. The van der Waals surface area contributed by atoms with E-state index in [1.807, 2.05) is 30.3 Å². The monoisotopic (exact) mass is 336 g/mol. The van der Waals surface area contributed by atoms with Crippen molar-refractivity contribution in [1.82, 2.24) is 10.4 Å². The molecular formula is C17H24N2O5. The number of ether oxygens (including phenoxy) is 2. The Morgan fingerprint density at radius 2 is 2.17 bits per heavy atom. The molecule has 0 spiro atoms. The Morgan fingerprint density at radius 3 is 2.83 bits per heavy atom. The largest absolute Gasteiger partial charge is 0.469 e. The van der Waals surface area contributed by atoms with E-state index in [1.54, 1.807) is 0 Å². The van der Waals surface area contributed by atoms with Gasteiger partial charge in [-0.1, -0.05) is 30.3 Å². The Bertz CT molecular complexity index is 537. The van der Waals surface area contributed by atoms with Crippen molar-refractivity contribution < 1.29 is 24.2 Å². The molecule has 1 fully saturated rings. The summed E-state index contributed by atoms with van der Waals surface area (Å²) in [5, 5.41) is 10.7. The minimum atomic E-state index is -0.433. The third-order valence-corrected chi connectivity index (χ3v) is 4.00. The second-order valence-electron chi connectivity index (χ2n) is 5.74. The van der Waals surface area contributed by atoms with Crippen LogP contribution in [0.2, 0.25) is 0 Å². The minimum Gasteiger partial charge on any atom is -0.469 e. The maximum Gasteiger partial charge on any atom is 0.424 e. The van der Waals surface area contributed by atoms with Gasteiger partial charge in [-0.2, -0.15) is 0 Å². The molecule has 2 atom stereocenters. The number of benzene rings is 1. The summed E-state index contributed by atoms with van der Waals surface area (Å²) in [5.41, 5.74) is 4.22. The number of carbonyl (C=O) groups excluding carboxylic acids is 2. The third-order valence-electron chi connectivity index (χ3n) is 4.00. The molecule has 0 saturated carbocycles. The average molecular weight is 336 g/mol. The standard InChI is InChI=1S/C17H24N2O5/c1-23-16(21)8-7-14(9-10-20)18-19-15(12-24-17(19)22)11-13-5-3-2-4-6-13/h2-6,14-15,18,20H,7-12H2,1H3/t14-,15+/m1/s1. The number of esters is 1. The summed E-state index contributed by atoms with van der Waals surface area (Å²) in [6.07, 6.45) is 1.36. The number of nitrogens with one attached hydrogen (secondary N) is 1. The van der Waals surface area contributed by atoms with Crippen molar-refractivity contribution in [3.8, 4) is 0 Å². The fourth-order valence-corrected chi connectivity index (χ4v) is 2.68. The number of rotatable bonds is 9. The number of hydrogen-bond acceptors (Lipinski definition) is 6. The number of nitrogens with zero attached hydrogens (tertiary/aromatic N) is 1. The first kappa shape index (κ1) is 18.2. The van der Waals surface area contributed by atoms with Gasteiger partial charge >= 0.3 is 12.1 Å². The van der Waals surface area contributed by atoms with Crippen molar-refractivity contribution in [1.29, 1.82) is 0 Å². The summed E-state index contributed by atoms with van der Waals surface area (Å²) in [7, 11) is 1.34. The SMILES string of the molecule is COC(=O)CC[C@H](CCO)NN1C(=O)OC[C@@H]1Cc1ccccc1. The van der Waals surface area contributed by atoms with Crippen LogP contribution in [-0.2, 0) is 20.7 Å². The third kappa shape index (κ3) is 5.21. The van der Waals surface area contributed by atoms with Crippen LogP contribution in [0.3, 0.4) is 0 Å². The topological polar surface area (TPSA) is 88.1 Å². The first-order valence-electron chi connectivity index (χ1n) is 8.07. The number of aliphatic hydroxyl groups is 1. The van der Waals surface area contributed by atoms with Crippen LogP contribution in [0.5, 0.6) is 0 Å². The Labute approximate surface area is 141 Å². The van der Waals surface area contributed by atoms with Gasteiger partial charge in [-0.15, -0.1) is 0 Å². The highest BCUT2D eigenvalue weighted by atomic mass is 16.6. The zero-order valence-corrected chi connectivity index (χ0v) is 13.8. The molecule has 1 aliphatic heterocycles. The van der Waals surface area contributed by atoms with Gasteiger partial charge in [0.2, 0.25) is 0 Å². The summed E-state index contributed by atoms with van der Waals surface area (Å²) >= 11 is 0. The highest BCUT2D eigenvalue weighted by Gasteiger charge is 2.34. The number of hydrazine groups is 1. The molecule has 24 heavy (non-hydrogen) atoms. The molecule has 1 amide bonds. The number of carbonyl (C=O) groups is 2. The maximum absolute atomic E-state index is 12.0. The fraction of sp³-hybridized carbons (Fsp3) is 0.529. The molecule has 0 bridgehead atoms. The lowest BCUT2D eigenvalue weighted by Crippen LogP contribution is -2.50. The van der Waals surface area contributed by atoms with Crippen LogP contribution in [0, 0.1) is 0 Å². The molecule has 1 aromatic carbocycles. The predicted molar refractivity (Wildman–Crippen MR) is 87.0 cm³/mol. The second kappa shape index (κ2) is 9.24. The van der Waals surface area contributed by atoms with Gasteiger partial charge < -0.3 is 14.6 Å². The Kier molecular flexibility index (Phi) is 7.02. The molecule has 2 N–H and O–H groups in total. The van der Waals surface area contributed by atoms with Crippen molar-refractivity contribution in [2.24, 2.45) is 0 Å². The summed E-state index contributed by atoms with van der Waals surface area (Å²) in [6, 6.07) is 9.52. The molecule has 0 radical (unpaired) electrons. The van der Waals surface area contributed by atoms with Crippen LogP contribution in [-0.4, -0.2) is 54.6 Å². The summed E-state index contributed by atoms with van der Waals surface area (Å²) < 4.78 is 9.78. The van der Waals surface area contributed by atoms with Crippen LogP contribution >= 0.6 is 0 Å². The van der Waals surface area contributed by atoms with Crippen LogP contribution in [0.25, 0.3) is 0 Å². The van der Waals surface area contributed by atoms with Crippen LogP contribution < -0.4 is 5.43 Å². The maximum atomic E-state index is 12.0. The van der Waals surface area contributed by atoms with Crippen LogP contribution in [0.4, 0.5) is 4.79 Å². The zero-order valence-electron chi connectivity index (χ0n) is 13.8. The lowest BCUT2D eigenvalue weighted by atomic mass is 10.1. The van der Waals surface area contributed by atoms with E-state index in [0.29, 0.717) is 25.9 Å². The molecule has 0 aliphatic carbocycles. The van der Waals surface area contributed by atoms with Crippen molar-refractivity contribution in [2.45, 2.75) is 37.8 Å². The summed E-state index contributed by atoms with van der Waals surface area (Å²) in [4.78, 5) is 23.3. The molecule has 0 aromatic heterocycles. The Hall–Kier alpha value is -2.12. The molecule has 2 rings (SSSR count). The zero-order chi connectivity index (χ0) is 17.4. The highest BCUT2D eigenvalue weighted by molar-refractivity contribution is 5.70. The average Bonchev–Trinajstić information content (AvgIpc) is 2.93. The Morgan fingerprint density at radius 1 is 1.42 bits per heavy atom. The molecule has 7 heteroatoms. The molecular weight excluding hydrogens is 312 g/mol. The molecule has 7 nitrogen and oxygen atoms in total. The van der Waals surface area contributed by atoms with Crippen molar-refractivity contribution in [3.63, 3.8) is 0 Å². The smallest absolute Gasteiger partial charge is 0.424 e. The van der Waals surface area contributed by atoms with E-state index in [0.717, 1.165) is 5.56 Å². The lowest BCUT2D eigenvalue weighted by molar-refractivity contribution is -0.140. The van der Waals surface area contributed by atoms with Gasteiger partial charge in [0, 0.05) is 19.1 Å². The van der Waals surface area contributed by atoms with Gasteiger partial charge in [0.15, 0.2) is 0 Å². The van der Waals surface area contributed by atoms with E-state index >= 15 is 0 Å². The number of hydrogen-bond donors (Lipinski definition) is 2. The van der Waals surface area contributed by atoms with Gasteiger partial charge in [0.25, 0.3) is 0 Å². The van der Waals surface area contributed by atoms with E-state index in [1.165, 1.54) is 12.1 Å². The normalized spacial score (nSPS) is 18.3. The molecule has 1 aliphatic rings. The molecule has 1 aromatic rings. The van der Waals surface area contributed by atoms with E-state index in [9.17, 15) is 14.7 Å². The first-order chi connectivity index (χ1) is 11.6. The minimum absolute atomic E-state index is 0.0366. The molecule has 1 saturated heterocycles. The number of methoxy groups -OCH3 is 1. The number of amides is 1. The van der Waals surface area contributed by atoms with Crippen molar-refractivity contribution in [2.75, 3.05) is 20.3 Å². The summed E-state index contributed by atoms with van der Waals surface area (Å²) in [5.74, 6) is -0.315. The molecule has 0 unspecified atom stereocenters. The number of aliphatic hydroxyl groups excluding tert-OH is 1. The number of cyclic esters (lactones) is 1. The van der Waals surface area contributed by atoms with E-state index < -0.39 is 6.09 Å².